The van der Waals surface area contributed by atoms with Crippen LogP contribution in [0, 0.1) is 5.92 Å². The van der Waals surface area contributed by atoms with Gasteiger partial charge >= 0.3 is 12.1 Å². The van der Waals surface area contributed by atoms with Gasteiger partial charge in [-0.05, 0) is 39.7 Å². The summed E-state index contributed by atoms with van der Waals surface area (Å²) in [7, 11) is 0. The normalized spacial score (nSPS) is 27.4. The average molecular weight is 267 g/mol. The van der Waals surface area contributed by atoms with Gasteiger partial charge in [0.15, 0.2) is 0 Å². The predicted octanol–water partition coefficient (Wildman–Crippen LogP) is 2.90. The summed E-state index contributed by atoms with van der Waals surface area (Å²) in [4.78, 5) is 13.0. The number of carboxylic acid groups (broad SMARTS) is 1. The molecule has 0 spiro atoms. The van der Waals surface area contributed by atoms with Crippen LogP contribution in [0.2, 0.25) is 0 Å². The number of carbonyl (C=O) groups is 1. The fourth-order valence-electron chi connectivity index (χ4n) is 2.68. The van der Waals surface area contributed by atoms with Gasteiger partial charge in [0.2, 0.25) is 0 Å². The van der Waals surface area contributed by atoms with Crippen LogP contribution in [0.5, 0.6) is 0 Å². The number of nitrogens with zero attached hydrogens (tertiary/aromatic N) is 1. The maximum Gasteiger partial charge on any atom is 0.389 e. The molecule has 0 saturated carbocycles. The van der Waals surface area contributed by atoms with Gasteiger partial charge in [-0.2, -0.15) is 13.2 Å². The molecule has 1 fully saturated rings. The molecule has 3 atom stereocenters. The van der Waals surface area contributed by atoms with Crippen molar-refractivity contribution in [2.75, 3.05) is 6.54 Å². The maximum absolute atomic E-state index is 12.0. The third kappa shape index (κ3) is 4.15. The van der Waals surface area contributed by atoms with Crippen molar-refractivity contribution in [3.8, 4) is 0 Å². The lowest BCUT2D eigenvalue weighted by molar-refractivity contribution is -0.142. The van der Waals surface area contributed by atoms with Gasteiger partial charge in [-0.15, -0.1) is 0 Å². The van der Waals surface area contributed by atoms with Crippen molar-refractivity contribution >= 4 is 5.97 Å². The van der Waals surface area contributed by atoms with Gasteiger partial charge in [0, 0.05) is 18.5 Å². The second kappa shape index (κ2) is 5.91. The Morgan fingerprint density at radius 2 is 2.11 bits per heavy atom. The van der Waals surface area contributed by atoms with E-state index in [9.17, 15) is 18.0 Å². The Balaban J connectivity index is 2.39. The van der Waals surface area contributed by atoms with Crippen molar-refractivity contribution in [1.82, 2.24) is 4.90 Å². The highest BCUT2D eigenvalue weighted by atomic mass is 19.4. The monoisotopic (exact) mass is 267 g/mol. The Hall–Kier alpha value is -0.780. The Morgan fingerprint density at radius 3 is 2.56 bits per heavy atom. The van der Waals surface area contributed by atoms with Gasteiger partial charge < -0.3 is 5.11 Å². The number of aliphatic carboxylic acids is 1. The quantitative estimate of drug-likeness (QED) is 0.832. The zero-order valence-corrected chi connectivity index (χ0v) is 10.7. The molecule has 1 saturated heterocycles. The molecule has 1 aliphatic heterocycles. The number of hydrogen-bond donors (Lipinski definition) is 1. The summed E-state index contributed by atoms with van der Waals surface area (Å²) in [6.07, 6.45) is -3.72. The molecular formula is C12H20F3NO2. The first kappa shape index (κ1) is 15.3. The summed E-state index contributed by atoms with van der Waals surface area (Å²) in [6, 6.07) is -0.0879. The van der Waals surface area contributed by atoms with Crippen LogP contribution in [0.3, 0.4) is 0 Å². The fourth-order valence-corrected chi connectivity index (χ4v) is 2.68. The zero-order chi connectivity index (χ0) is 13.9. The SMILES string of the molecule is CC(CCCC(F)(F)F)N1CCC(C(=O)O)C1C. The summed E-state index contributed by atoms with van der Waals surface area (Å²) >= 11 is 0. The third-order valence-electron chi connectivity index (χ3n) is 3.77. The molecule has 1 heterocycles. The Bertz CT molecular complexity index is 294. The number of carboxylic acids is 1. The molecule has 6 heteroatoms. The second-order valence-corrected chi connectivity index (χ2v) is 5.07. The smallest absolute Gasteiger partial charge is 0.389 e. The van der Waals surface area contributed by atoms with E-state index in [1.165, 1.54) is 0 Å². The van der Waals surface area contributed by atoms with E-state index in [1.807, 2.05) is 18.7 Å². The molecule has 1 rings (SSSR count). The van der Waals surface area contributed by atoms with Crippen LogP contribution in [0.4, 0.5) is 13.2 Å². The molecular weight excluding hydrogens is 247 g/mol. The molecule has 0 amide bonds. The van der Waals surface area contributed by atoms with E-state index in [4.69, 9.17) is 5.11 Å². The van der Waals surface area contributed by atoms with Gasteiger partial charge in [-0.3, -0.25) is 9.69 Å². The molecule has 1 N–H and O–H groups in total. The lowest BCUT2D eigenvalue weighted by atomic mass is 10.0. The van der Waals surface area contributed by atoms with Crippen molar-refractivity contribution in [1.29, 1.82) is 0 Å². The molecule has 0 radical (unpaired) electrons. The van der Waals surface area contributed by atoms with Crippen LogP contribution in [0.1, 0.15) is 39.5 Å². The predicted molar refractivity (Wildman–Crippen MR) is 61.3 cm³/mol. The Morgan fingerprint density at radius 1 is 1.50 bits per heavy atom. The minimum atomic E-state index is -4.10. The van der Waals surface area contributed by atoms with E-state index in [-0.39, 0.29) is 18.5 Å². The van der Waals surface area contributed by atoms with E-state index in [0.29, 0.717) is 19.4 Å². The maximum atomic E-state index is 12.0. The van der Waals surface area contributed by atoms with E-state index in [0.717, 1.165) is 0 Å². The molecule has 3 nitrogen and oxygen atoms in total. The number of rotatable bonds is 5. The second-order valence-electron chi connectivity index (χ2n) is 5.07. The molecule has 18 heavy (non-hydrogen) atoms. The van der Waals surface area contributed by atoms with Crippen molar-refractivity contribution in [3.05, 3.63) is 0 Å². The highest BCUT2D eigenvalue weighted by Crippen LogP contribution is 2.29. The lowest BCUT2D eigenvalue weighted by Gasteiger charge is -2.29. The molecule has 0 aromatic rings. The highest BCUT2D eigenvalue weighted by molar-refractivity contribution is 5.71. The van der Waals surface area contributed by atoms with Crippen LogP contribution >= 0.6 is 0 Å². The van der Waals surface area contributed by atoms with Gasteiger partial charge in [0.25, 0.3) is 0 Å². The van der Waals surface area contributed by atoms with Gasteiger partial charge in [0.05, 0.1) is 5.92 Å². The van der Waals surface area contributed by atoms with E-state index in [1.54, 1.807) is 0 Å². The summed E-state index contributed by atoms with van der Waals surface area (Å²) in [5.74, 6) is -1.21. The summed E-state index contributed by atoms with van der Waals surface area (Å²) in [6.45, 7) is 4.37. The summed E-state index contributed by atoms with van der Waals surface area (Å²) < 4.78 is 36.1. The van der Waals surface area contributed by atoms with Gasteiger partial charge in [-0.1, -0.05) is 0 Å². The summed E-state index contributed by atoms with van der Waals surface area (Å²) in [5, 5.41) is 8.99. The molecule has 0 aromatic carbocycles. The molecule has 0 bridgehead atoms. The van der Waals surface area contributed by atoms with Gasteiger partial charge in [-0.25, -0.2) is 0 Å². The van der Waals surface area contributed by atoms with Crippen LogP contribution in [0.15, 0.2) is 0 Å². The van der Waals surface area contributed by atoms with Crippen LogP contribution < -0.4 is 0 Å². The first-order valence-electron chi connectivity index (χ1n) is 6.27. The van der Waals surface area contributed by atoms with Crippen molar-refractivity contribution in [2.45, 2.75) is 57.8 Å². The Kier molecular flexibility index (Phi) is 5.01. The van der Waals surface area contributed by atoms with E-state index >= 15 is 0 Å². The number of alkyl halides is 3. The number of likely N-dealkylation sites (tertiary alicyclic amines) is 1. The van der Waals surface area contributed by atoms with Crippen molar-refractivity contribution in [2.24, 2.45) is 5.92 Å². The molecule has 0 aromatic heterocycles. The standard InChI is InChI=1S/C12H20F3NO2/c1-8(4-3-6-12(13,14)15)16-7-5-10(9(16)2)11(17)18/h8-10H,3-7H2,1-2H3,(H,17,18). The number of hydrogen-bond acceptors (Lipinski definition) is 2. The van der Waals surface area contributed by atoms with Crippen molar-refractivity contribution in [3.63, 3.8) is 0 Å². The number of halogens is 3. The van der Waals surface area contributed by atoms with E-state index in [2.05, 4.69) is 0 Å². The minimum absolute atomic E-state index is 0.00620. The van der Waals surface area contributed by atoms with Crippen molar-refractivity contribution < 1.29 is 23.1 Å². The summed E-state index contributed by atoms with van der Waals surface area (Å²) in [5.41, 5.74) is 0. The lowest BCUT2D eigenvalue weighted by Crippen LogP contribution is -2.39. The Labute approximate surface area is 105 Å². The minimum Gasteiger partial charge on any atom is -0.481 e. The average Bonchev–Trinajstić information content (AvgIpc) is 2.57. The van der Waals surface area contributed by atoms with Crippen LogP contribution in [0.25, 0.3) is 0 Å². The highest BCUT2D eigenvalue weighted by Gasteiger charge is 2.37. The fraction of sp³-hybridized carbons (Fsp3) is 0.917. The molecule has 3 unspecified atom stereocenters. The third-order valence-corrected chi connectivity index (χ3v) is 3.77. The first-order chi connectivity index (χ1) is 8.22. The molecule has 106 valence electrons. The zero-order valence-electron chi connectivity index (χ0n) is 10.7. The van der Waals surface area contributed by atoms with Crippen LogP contribution in [-0.4, -0.2) is 40.8 Å². The van der Waals surface area contributed by atoms with Gasteiger partial charge in [0.1, 0.15) is 0 Å². The molecule has 0 aliphatic carbocycles. The van der Waals surface area contributed by atoms with E-state index < -0.39 is 24.5 Å². The molecule has 1 aliphatic rings. The largest absolute Gasteiger partial charge is 0.481 e. The van der Waals surface area contributed by atoms with Crippen LogP contribution in [-0.2, 0) is 4.79 Å². The first-order valence-corrected chi connectivity index (χ1v) is 6.27. The topological polar surface area (TPSA) is 40.5 Å².